The third-order valence-electron chi connectivity index (χ3n) is 4.05. The molecule has 2 amide bonds. The Labute approximate surface area is 114 Å². The number of piperidine rings is 1. The van der Waals surface area contributed by atoms with E-state index in [1.54, 1.807) is 0 Å². The first kappa shape index (κ1) is 14.3. The molecule has 19 heavy (non-hydrogen) atoms. The molecule has 108 valence electrons. The van der Waals surface area contributed by atoms with Gasteiger partial charge < -0.3 is 16.0 Å². The second kappa shape index (κ2) is 6.86. The van der Waals surface area contributed by atoms with Crippen LogP contribution in [0.5, 0.6) is 0 Å². The molecule has 0 aromatic carbocycles. The van der Waals surface area contributed by atoms with Gasteiger partial charge in [-0.25, -0.2) is 0 Å². The zero-order valence-electron chi connectivity index (χ0n) is 11.4. The highest BCUT2D eigenvalue weighted by Gasteiger charge is 2.30. The lowest BCUT2D eigenvalue weighted by Crippen LogP contribution is -2.44. The average Bonchev–Trinajstić information content (AvgIpc) is 2.95. The fourth-order valence-electron chi connectivity index (χ4n) is 2.91. The number of amides is 2. The van der Waals surface area contributed by atoms with E-state index in [0.717, 1.165) is 32.6 Å². The van der Waals surface area contributed by atoms with Crippen LogP contribution in [0.2, 0.25) is 0 Å². The third-order valence-corrected chi connectivity index (χ3v) is 4.05. The Morgan fingerprint density at radius 2 is 1.89 bits per heavy atom. The van der Waals surface area contributed by atoms with E-state index >= 15 is 0 Å². The SMILES string of the molecule is NCC(=O)NCC(=O)N1CCC(N2CCCCC2)C1. The van der Waals surface area contributed by atoms with Gasteiger partial charge in [0.05, 0.1) is 13.1 Å². The van der Waals surface area contributed by atoms with Crippen LogP contribution in [0.4, 0.5) is 0 Å². The second-order valence-corrected chi connectivity index (χ2v) is 5.36. The third kappa shape index (κ3) is 3.91. The van der Waals surface area contributed by atoms with Crippen molar-refractivity contribution in [1.82, 2.24) is 15.1 Å². The maximum Gasteiger partial charge on any atom is 0.242 e. The number of carbonyl (C=O) groups excluding carboxylic acids is 2. The topological polar surface area (TPSA) is 78.7 Å². The number of nitrogens with one attached hydrogen (secondary N) is 1. The van der Waals surface area contributed by atoms with Crippen molar-refractivity contribution < 1.29 is 9.59 Å². The molecule has 2 rings (SSSR count). The summed E-state index contributed by atoms with van der Waals surface area (Å²) in [6.07, 6.45) is 4.93. The summed E-state index contributed by atoms with van der Waals surface area (Å²) in [6, 6.07) is 0.509. The first-order chi connectivity index (χ1) is 9.20. The molecule has 2 aliphatic heterocycles. The van der Waals surface area contributed by atoms with Crippen LogP contribution < -0.4 is 11.1 Å². The molecule has 6 heteroatoms. The van der Waals surface area contributed by atoms with Crippen LogP contribution >= 0.6 is 0 Å². The predicted molar refractivity (Wildman–Crippen MR) is 72.5 cm³/mol. The monoisotopic (exact) mass is 268 g/mol. The van der Waals surface area contributed by atoms with Crippen LogP contribution in [0.15, 0.2) is 0 Å². The summed E-state index contributed by atoms with van der Waals surface area (Å²) in [7, 11) is 0. The van der Waals surface area contributed by atoms with Crippen LogP contribution in [0.25, 0.3) is 0 Å². The molecule has 1 atom stereocenters. The average molecular weight is 268 g/mol. The van der Waals surface area contributed by atoms with Crippen LogP contribution in [0.3, 0.4) is 0 Å². The van der Waals surface area contributed by atoms with Gasteiger partial charge in [-0.3, -0.25) is 14.5 Å². The summed E-state index contributed by atoms with van der Waals surface area (Å²) >= 11 is 0. The predicted octanol–water partition coefficient (Wildman–Crippen LogP) is -0.852. The molecule has 2 saturated heterocycles. The van der Waals surface area contributed by atoms with E-state index < -0.39 is 0 Å². The van der Waals surface area contributed by atoms with E-state index in [1.165, 1.54) is 19.3 Å². The van der Waals surface area contributed by atoms with E-state index in [-0.39, 0.29) is 24.9 Å². The molecule has 0 aromatic rings. The zero-order valence-corrected chi connectivity index (χ0v) is 11.4. The smallest absolute Gasteiger partial charge is 0.242 e. The summed E-state index contributed by atoms with van der Waals surface area (Å²) in [4.78, 5) is 27.3. The lowest BCUT2D eigenvalue weighted by atomic mass is 10.1. The van der Waals surface area contributed by atoms with Crippen molar-refractivity contribution >= 4 is 11.8 Å². The zero-order chi connectivity index (χ0) is 13.7. The van der Waals surface area contributed by atoms with Crippen molar-refractivity contribution in [3.8, 4) is 0 Å². The molecule has 2 heterocycles. The summed E-state index contributed by atoms with van der Waals surface area (Å²) < 4.78 is 0. The van der Waals surface area contributed by atoms with Gasteiger partial charge >= 0.3 is 0 Å². The molecular formula is C13H24N4O2. The van der Waals surface area contributed by atoms with E-state index in [9.17, 15) is 9.59 Å². The Kier molecular flexibility index (Phi) is 5.15. The summed E-state index contributed by atoms with van der Waals surface area (Å²) in [5.74, 6) is -0.276. The molecule has 0 aromatic heterocycles. The van der Waals surface area contributed by atoms with E-state index in [0.29, 0.717) is 6.04 Å². The quantitative estimate of drug-likeness (QED) is 0.696. The van der Waals surface area contributed by atoms with Crippen LogP contribution in [-0.4, -0.2) is 66.9 Å². The number of hydrogen-bond donors (Lipinski definition) is 2. The van der Waals surface area contributed by atoms with Gasteiger partial charge in [0.1, 0.15) is 0 Å². The summed E-state index contributed by atoms with van der Waals surface area (Å²) in [5, 5.41) is 2.53. The van der Waals surface area contributed by atoms with E-state index in [2.05, 4.69) is 10.2 Å². The number of hydrogen-bond acceptors (Lipinski definition) is 4. The van der Waals surface area contributed by atoms with Gasteiger partial charge in [0, 0.05) is 19.1 Å². The maximum absolute atomic E-state index is 11.9. The van der Waals surface area contributed by atoms with Gasteiger partial charge in [0.25, 0.3) is 0 Å². The molecule has 6 nitrogen and oxygen atoms in total. The minimum Gasteiger partial charge on any atom is -0.346 e. The second-order valence-electron chi connectivity index (χ2n) is 5.36. The van der Waals surface area contributed by atoms with Gasteiger partial charge in [0.15, 0.2) is 0 Å². The van der Waals surface area contributed by atoms with Crippen molar-refractivity contribution in [1.29, 1.82) is 0 Å². The lowest BCUT2D eigenvalue weighted by Gasteiger charge is -2.32. The standard InChI is InChI=1S/C13H24N4O2/c14-8-12(18)15-9-13(19)17-7-4-11(10-17)16-5-2-1-3-6-16/h11H,1-10,14H2,(H,15,18). The van der Waals surface area contributed by atoms with Crippen molar-refractivity contribution in [3.63, 3.8) is 0 Å². The number of nitrogens with two attached hydrogens (primary N) is 1. The Morgan fingerprint density at radius 3 is 2.58 bits per heavy atom. The Hall–Kier alpha value is -1.14. The molecule has 0 radical (unpaired) electrons. The maximum atomic E-state index is 11.9. The molecule has 0 saturated carbocycles. The van der Waals surface area contributed by atoms with Gasteiger partial charge in [-0.2, -0.15) is 0 Å². The molecule has 0 aliphatic carbocycles. The van der Waals surface area contributed by atoms with Gasteiger partial charge in [-0.1, -0.05) is 6.42 Å². The fourth-order valence-corrected chi connectivity index (χ4v) is 2.91. The number of rotatable bonds is 4. The highest BCUT2D eigenvalue weighted by molar-refractivity contribution is 5.85. The van der Waals surface area contributed by atoms with Crippen molar-refractivity contribution in [2.24, 2.45) is 5.73 Å². The Morgan fingerprint density at radius 1 is 1.16 bits per heavy atom. The lowest BCUT2D eigenvalue weighted by molar-refractivity contribution is -0.131. The normalized spacial score (nSPS) is 24.5. The van der Waals surface area contributed by atoms with Crippen LogP contribution in [-0.2, 0) is 9.59 Å². The van der Waals surface area contributed by atoms with Gasteiger partial charge in [-0.05, 0) is 32.4 Å². The van der Waals surface area contributed by atoms with Crippen LogP contribution in [0, 0.1) is 0 Å². The molecular weight excluding hydrogens is 244 g/mol. The number of likely N-dealkylation sites (tertiary alicyclic amines) is 2. The number of carbonyl (C=O) groups is 2. The van der Waals surface area contributed by atoms with E-state index in [1.807, 2.05) is 4.90 Å². The summed E-state index contributed by atoms with van der Waals surface area (Å²) in [6.45, 7) is 3.94. The highest BCUT2D eigenvalue weighted by atomic mass is 16.2. The first-order valence-corrected chi connectivity index (χ1v) is 7.19. The molecule has 2 aliphatic rings. The largest absolute Gasteiger partial charge is 0.346 e. The van der Waals surface area contributed by atoms with Crippen molar-refractivity contribution in [2.75, 3.05) is 39.3 Å². The minimum absolute atomic E-state index is 0.00121. The Balaban J connectivity index is 1.74. The fraction of sp³-hybridized carbons (Fsp3) is 0.846. The summed E-state index contributed by atoms with van der Waals surface area (Å²) in [5.41, 5.74) is 5.19. The van der Waals surface area contributed by atoms with Gasteiger partial charge in [0.2, 0.25) is 11.8 Å². The molecule has 3 N–H and O–H groups in total. The Bertz CT molecular complexity index is 329. The van der Waals surface area contributed by atoms with E-state index in [4.69, 9.17) is 5.73 Å². The van der Waals surface area contributed by atoms with Gasteiger partial charge in [-0.15, -0.1) is 0 Å². The molecule has 1 unspecified atom stereocenters. The first-order valence-electron chi connectivity index (χ1n) is 7.19. The molecule has 2 fully saturated rings. The highest BCUT2D eigenvalue weighted by Crippen LogP contribution is 2.20. The van der Waals surface area contributed by atoms with Crippen molar-refractivity contribution in [2.45, 2.75) is 31.7 Å². The van der Waals surface area contributed by atoms with Crippen LogP contribution in [0.1, 0.15) is 25.7 Å². The molecule has 0 spiro atoms. The molecule has 0 bridgehead atoms. The minimum atomic E-state index is -0.278. The van der Waals surface area contributed by atoms with Crippen molar-refractivity contribution in [3.05, 3.63) is 0 Å². The number of nitrogens with zero attached hydrogens (tertiary/aromatic N) is 2.